The maximum absolute atomic E-state index is 12.1. The summed E-state index contributed by atoms with van der Waals surface area (Å²) in [6.45, 7) is 2.71. The molecule has 2 N–H and O–H groups in total. The summed E-state index contributed by atoms with van der Waals surface area (Å²) in [5, 5.41) is 6.03. The number of para-hydroxylation sites is 1. The van der Waals surface area contributed by atoms with E-state index in [1.165, 1.54) is 0 Å². The first kappa shape index (κ1) is 15.1. The number of hydrogen-bond donors (Lipinski definition) is 2. The van der Waals surface area contributed by atoms with Crippen LogP contribution in [0.3, 0.4) is 0 Å². The van der Waals surface area contributed by atoms with Crippen LogP contribution in [-0.4, -0.2) is 19.1 Å². The zero-order chi connectivity index (χ0) is 15.1. The van der Waals surface area contributed by atoms with Crippen LogP contribution in [0.4, 0.5) is 5.69 Å². The normalized spacial score (nSPS) is 11.9. The quantitative estimate of drug-likeness (QED) is 0.822. The Balaban J connectivity index is 1.91. The number of rotatable bonds is 7. The monoisotopic (exact) mass is 288 g/mol. The Labute approximate surface area is 124 Å². The number of carbonyl (C=O) groups is 1. The number of anilines is 1. The van der Waals surface area contributed by atoms with Crippen LogP contribution in [0.1, 0.15) is 18.2 Å². The van der Waals surface area contributed by atoms with E-state index in [4.69, 9.17) is 9.15 Å². The lowest BCUT2D eigenvalue weighted by Crippen LogP contribution is -2.37. The molecule has 0 aliphatic rings. The summed E-state index contributed by atoms with van der Waals surface area (Å²) in [4.78, 5) is 12.1. The van der Waals surface area contributed by atoms with Crippen molar-refractivity contribution in [3.8, 4) is 0 Å². The topological polar surface area (TPSA) is 63.5 Å². The first-order valence-corrected chi connectivity index (χ1v) is 6.84. The second-order valence-electron chi connectivity index (χ2n) is 4.75. The van der Waals surface area contributed by atoms with Crippen molar-refractivity contribution in [3.05, 3.63) is 54.0 Å². The van der Waals surface area contributed by atoms with Crippen LogP contribution >= 0.6 is 0 Å². The van der Waals surface area contributed by atoms with Gasteiger partial charge >= 0.3 is 0 Å². The molecule has 1 aromatic carbocycles. The zero-order valence-electron chi connectivity index (χ0n) is 12.3. The molecule has 0 spiro atoms. The molecule has 1 atom stereocenters. The molecule has 1 aromatic heterocycles. The van der Waals surface area contributed by atoms with Gasteiger partial charge in [0, 0.05) is 18.4 Å². The lowest BCUT2D eigenvalue weighted by atomic mass is 10.1. The van der Waals surface area contributed by atoms with Crippen molar-refractivity contribution in [1.29, 1.82) is 0 Å². The first-order chi connectivity index (χ1) is 10.2. The van der Waals surface area contributed by atoms with Gasteiger partial charge in [0.25, 0.3) is 0 Å². The Kier molecular flexibility index (Phi) is 5.40. The van der Waals surface area contributed by atoms with E-state index < -0.39 is 0 Å². The number of carbonyl (C=O) groups excluding carboxylic acids is 1. The maximum atomic E-state index is 12.1. The van der Waals surface area contributed by atoms with Gasteiger partial charge < -0.3 is 19.8 Å². The van der Waals surface area contributed by atoms with E-state index in [1.54, 1.807) is 19.4 Å². The molecule has 0 bridgehead atoms. The number of methoxy groups -OCH3 is 1. The lowest BCUT2D eigenvalue weighted by Gasteiger charge is -2.17. The molecule has 2 aromatic rings. The third kappa shape index (κ3) is 4.36. The standard InChI is InChI=1S/C16H20N2O3/c1-12(16(19)17-10-14-7-5-9-21-14)18-15-8-4-3-6-13(15)11-20-2/h3-9,12,18H,10-11H2,1-2H3,(H,17,19). The molecule has 5 heteroatoms. The molecular weight excluding hydrogens is 268 g/mol. The van der Waals surface area contributed by atoms with Gasteiger partial charge in [-0.3, -0.25) is 4.79 Å². The molecule has 0 aliphatic carbocycles. The molecule has 0 saturated heterocycles. The summed E-state index contributed by atoms with van der Waals surface area (Å²) in [7, 11) is 1.65. The van der Waals surface area contributed by atoms with E-state index in [2.05, 4.69) is 10.6 Å². The van der Waals surface area contributed by atoms with E-state index in [1.807, 2.05) is 37.3 Å². The highest BCUT2D eigenvalue weighted by Gasteiger charge is 2.14. The van der Waals surface area contributed by atoms with Crippen molar-refractivity contribution >= 4 is 11.6 Å². The molecule has 112 valence electrons. The predicted octanol–water partition coefficient (Wildman–Crippen LogP) is 2.54. The van der Waals surface area contributed by atoms with Crippen molar-refractivity contribution in [2.75, 3.05) is 12.4 Å². The first-order valence-electron chi connectivity index (χ1n) is 6.84. The second-order valence-corrected chi connectivity index (χ2v) is 4.75. The average Bonchev–Trinajstić information content (AvgIpc) is 3.00. The second kappa shape index (κ2) is 7.50. The van der Waals surface area contributed by atoms with Gasteiger partial charge in [0.05, 0.1) is 19.4 Å². The molecule has 5 nitrogen and oxygen atoms in total. The third-order valence-electron chi connectivity index (χ3n) is 3.10. The zero-order valence-corrected chi connectivity index (χ0v) is 12.3. The molecule has 0 saturated carbocycles. The fraction of sp³-hybridized carbons (Fsp3) is 0.312. The van der Waals surface area contributed by atoms with Crippen molar-refractivity contribution in [2.45, 2.75) is 26.1 Å². The number of benzene rings is 1. The van der Waals surface area contributed by atoms with Crippen LogP contribution in [0.15, 0.2) is 47.1 Å². The fourth-order valence-corrected chi connectivity index (χ4v) is 1.98. The molecule has 1 heterocycles. The molecule has 1 amide bonds. The number of hydrogen-bond acceptors (Lipinski definition) is 4. The summed E-state index contributed by atoms with van der Waals surface area (Å²) in [5.74, 6) is 0.647. The van der Waals surface area contributed by atoms with Gasteiger partial charge in [-0.15, -0.1) is 0 Å². The van der Waals surface area contributed by atoms with Crippen LogP contribution in [0, 0.1) is 0 Å². The van der Waals surface area contributed by atoms with Crippen LogP contribution in [0.5, 0.6) is 0 Å². The SMILES string of the molecule is COCc1ccccc1NC(C)C(=O)NCc1ccco1. The van der Waals surface area contributed by atoms with Crippen LogP contribution in [-0.2, 0) is 22.7 Å². The molecule has 0 aliphatic heterocycles. The summed E-state index contributed by atoms with van der Waals surface area (Å²) in [6.07, 6.45) is 1.59. The third-order valence-corrected chi connectivity index (χ3v) is 3.10. The largest absolute Gasteiger partial charge is 0.467 e. The highest BCUT2D eigenvalue weighted by molar-refractivity contribution is 5.84. The van der Waals surface area contributed by atoms with Crippen LogP contribution < -0.4 is 10.6 Å². The number of furan rings is 1. The smallest absolute Gasteiger partial charge is 0.242 e. The Morgan fingerprint density at radius 1 is 1.29 bits per heavy atom. The maximum Gasteiger partial charge on any atom is 0.242 e. The van der Waals surface area contributed by atoms with Gasteiger partial charge in [0.2, 0.25) is 5.91 Å². The van der Waals surface area contributed by atoms with Gasteiger partial charge in [-0.1, -0.05) is 18.2 Å². The summed E-state index contributed by atoms with van der Waals surface area (Å²) in [5.41, 5.74) is 1.92. The Bertz CT molecular complexity index is 567. The summed E-state index contributed by atoms with van der Waals surface area (Å²) in [6, 6.07) is 11.1. The molecule has 0 fully saturated rings. The number of nitrogens with one attached hydrogen (secondary N) is 2. The van der Waals surface area contributed by atoms with E-state index >= 15 is 0 Å². The predicted molar refractivity (Wildman–Crippen MR) is 80.8 cm³/mol. The van der Waals surface area contributed by atoms with Gasteiger partial charge in [0.15, 0.2) is 0 Å². The van der Waals surface area contributed by atoms with E-state index in [0.29, 0.717) is 13.2 Å². The van der Waals surface area contributed by atoms with Gasteiger partial charge in [-0.25, -0.2) is 0 Å². The molecule has 21 heavy (non-hydrogen) atoms. The molecular formula is C16H20N2O3. The van der Waals surface area contributed by atoms with E-state index in [9.17, 15) is 4.79 Å². The number of ether oxygens (including phenoxy) is 1. The van der Waals surface area contributed by atoms with Crippen molar-refractivity contribution in [1.82, 2.24) is 5.32 Å². The van der Waals surface area contributed by atoms with Crippen LogP contribution in [0.25, 0.3) is 0 Å². The van der Waals surface area contributed by atoms with Gasteiger partial charge in [0.1, 0.15) is 11.8 Å². The Morgan fingerprint density at radius 2 is 2.10 bits per heavy atom. The van der Waals surface area contributed by atoms with E-state index in [-0.39, 0.29) is 11.9 Å². The van der Waals surface area contributed by atoms with Gasteiger partial charge in [-0.05, 0) is 25.1 Å². The molecule has 0 radical (unpaired) electrons. The minimum Gasteiger partial charge on any atom is -0.467 e. The van der Waals surface area contributed by atoms with Crippen molar-refractivity contribution < 1.29 is 13.9 Å². The van der Waals surface area contributed by atoms with E-state index in [0.717, 1.165) is 17.0 Å². The fourth-order valence-electron chi connectivity index (χ4n) is 1.98. The minimum atomic E-state index is -0.349. The highest BCUT2D eigenvalue weighted by Crippen LogP contribution is 2.16. The lowest BCUT2D eigenvalue weighted by molar-refractivity contribution is -0.121. The summed E-state index contributed by atoms with van der Waals surface area (Å²) < 4.78 is 10.3. The van der Waals surface area contributed by atoms with Gasteiger partial charge in [-0.2, -0.15) is 0 Å². The van der Waals surface area contributed by atoms with Crippen molar-refractivity contribution in [2.24, 2.45) is 0 Å². The number of amides is 1. The Morgan fingerprint density at radius 3 is 2.81 bits per heavy atom. The Hall–Kier alpha value is -2.27. The minimum absolute atomic E-state index is 0.0846. The summed E-state index contributed by atoms with van der Waals surface area (Å²) >= 11 is 0. The van der Waals surface area contributed by atoms with Crippen molar-refractivity contribution in [3.63, 3.8) is 0 Å². The highest BCUT2D eigenvalue weighted by atomic mass is 16.5. The van der Waals surface area contributed by atoms with Crippen LogP contribution in [0.2, 0.25) is 0 Å². The average molecular weight is 288 g/mol. The molecule has 1 unspecified atom stereocenters. The molecule has 2 rings (SSSR count).